The van der Waals surface area contributed by atoms with E-state index in [2.05, 4.69) is 91.0 Å². The molecule has 57 heavy (non-hydrogen) atoms. The van der Waals surface area contributed by atoms with Gasteiger partial charge in [-0.15, -0.1) is 11.3 Å². The standard InChI is InChI=1S/C51H27N3O2S/c1-2-10-28(11-3-1)49-52-50(30-21-23-41-37(25-30)34-14-6-7-17-40(34)55-41)54-51(53-49)36-16-8-18-43-46(36)39-24-29(20-22-42(39)56-43)31-26-38-33-13-5-4-12-32(33)35-15-9-19-44-47(35)48(38)45(27-31)57-44/h1-27H. The Morgan fingerprint density at radius 3 is 1.79 bits per heavy atom. The highest BCUT2D eigenvalue weighted by Crippen LogP contribution is 2.47. The molecule has 0 saturated heterocycles. The lowest BCUT2D eigenvalue weighted by Gasteiger charge is -2.11. The molecule has 0 amide bonds. The van der Waals surface area contributed by atoms with Gasteiger partial charge in [0.05, 0.1) is 0 Å². The smallest absolute Gasteiger partial charge is 0.164 e. The van der Waals surface area contributed by atoms with Crippen molar-refractivity contribution in [3.05, 3.63) is 164 Å². The SMILES string of the molecule is c1ccc(-c2nc(-c3ccc4oc5ccccc5c4c3)nc(-c3cccc4oc5ccc(-c6cc7sc8cccc9c%10ccccc%10c(c6)c7c89)cc5c34)n2)cc1. The normalized spacial score (nSPS) is 12.2. The first-order valence-electron chi connectivity index (χ1n) is 19.0. The Bertz CT molecular complexity index is 3770. The lowest BCUT2D eigenvalue weighted by molar-refractivity contribution is 0.668. The summed E-state index contributed by atoms with van der Waals surface area (Å²) in [6.45, 7) is 0. The molecule has 6 heteroatoms. The van der Waals surface area contributed by atoms with Crippen LogP contribution in [0.15, 0.2) is 173 Å². The van der Waals surface area contributed by atoms with Crippen LogP contribution in [0, 0.1) is 0 Å². The minimum Gasteiger partial charge on any atom is -0.456 e. The van der Waals surface area contributed by atoms with Gasteiger partial charge >= 0.3 is 0 Å². The van der Waals surface area contributed by atoms with E-state index in [0.29, 0.717) is 17.5 Å². The van der Waals surface area contributed by atoms with Crippen molar-refractivity contribution >= 4 is 96.9 Å². The summed E-state index contributed by atoms with van der Waals surface area (Å²) < 4.78 is 15.3. The largest absolute Gasteiger partial charge is 0.456 e. The van der Waals surface area contributed by atoms with Crippen LogP contribution in [-0.2, 0) is 0 Å². The van der Waals surface area contributed by atoms with Crippen molar-refractivity contribution in [2.24, 2.45) is 0 Å². The fraction of sp³-hybridized carbons (Fsp3) is 0. The molecule has 0 unspecified atom stereocenters. The third kappa shape index (κ3) is 4.53. The van der Waals surface area contributed by atoms with Gasteiger partial charge in [0.2, 0.25) is 0 Å². The quantitative estimate of drug-likeness (QED) is 0.168. The van der Waals surface area contributed by atoms with Crippen molar-refractivity contribution in [2.45, 2.75) is 0 Å². The van der Waals surface area contributed by atoms with E-state index in [-0.39, 0.29) is 0 Å². The summed E-state index contributed by atoms with van der Waals surface area (Å²) in [5, 5.41) is 12.0. The van der Waals surface area contributed by atoms with Gasteiger partial charge in [-0.25, -0.2) is 15.0 Å². The highest BCUT2D eigenvalue weighted by molar-refractivity contribution is 7.26. The van der Waals surface area contributed by atoms with Crippen LogP contribution in [0.25, 0.3) is 131 Å². The van der Waals surface area contributed by atoms with Crippen molar-refractivity contribution in [2.75, 3.05) is 0 Å². The highest BCUT2D eigenvalue weighted by Gasteiger charge is 2.21. The highest BCUT2D eigenvalue weighted by atomic mass is 32.1. The summed E-state index contributed by atoms with van der Waals surface area (Å²) in [7, 11) is 0. The van der Waals surface area contributed by atoms with Gasteiger partial charge in [-0.3, -0.25) is 0 Å². The maximum Gasteiger partial charge on any atom is 0.164 e. The maximum absolute atomic E-state index is 6.55. The van der Waals surface area contributed by atoms with Gasteiger partial charge in [-0.2, -0.15) is 0 Å². The lowest BCUT2D eigenvalue weighted by atomic mass is 9.92. The van der Waals surface area contributed by atoms with Crippen LogP contribution in [0.4, 0.5) is 0 Å². The zero-order chi connectivity index (χ0) is 37.2. The van der Waals surface area contributed by atoms with Crippen LogP contribution in [-0.4, -0.2) is 15.0 Å². The van der Waals surface area contributed by atoms with Crippen LogP contribution in [0.1, 0.15) is 0 Å². The second-order valence-electron chi connectivity index (χ2n) is 14.7. The first-order chi connectivity index (χ1) is 28.2. The predicted molar refractivity (Wildman–Crippen MR) is 235 cm³/mol. The molecule has 0 saturated carbocycles. The van der Waals surface area contributed by atoms with Crippen LogP contribution >= 0.6 is 11.3 Å². The number of nitrogens with zero attached hydrogens (tertiary/aromatic N) is 3. The van der Waals surface area contributed by atoms with Crippen molar-refractivity contribution in [1.82, 2.24) is 15.0 Å². The fourth-order valence-electron chi connectivity index (χ4n) is 8.90. The average molecular weight is 746 g/mol. The second-order valence-corrected chi connectivity index (χ2v) is 15.8. The zero-order valence-electron chi connectivity index (χ0n) is 30.2. The summed E-state index contributed by atoms with van der Waals surface area (Å²) in [6, 6.07) is 57.3. The molecule has 4 heterocycles. The van der Waals surface area contributed by atoms with Crippen molar-refractivity contribution in [1.29, 1.82) is 0 Å². The van der Waals surface area contributed by atoms with Crippen LogP contribution in [0.3, 0.4) is 0 Å². The molecule has 0 radical (unpaired) electrons. The van der Waals surface area contributed by atoms with Gasteiger partial charge in [0.1, 0.15) is 22.3 Å². The van der Waals surface area contributed by atoms with Crippen molar-refractivity contribution < 1.29 is 8.83 Å². The van der Waals surface area contributed by atoms with E-state index >= 15 is 0 Å². The number of thiophene rings is 1. The van der Waals surface area contributed by atoms with Crippen LogP contribution < -0.4 is 0 Å². The molecule has 0 aliphatic rings. The number of hydrogen-bond acceptors (Lipinski definition) is 6. The van der Waals surface area contributed by atoms with E-state index in [9.17, 15) is 0 Å². The molecular formula is C51H27N3O2S. The van der Waals surface area contributed by atoms with E-state index in [1.54, 1.807) is 0 Å². The molecule has 0 bridgehead atoms. The van der Waals surface area contributed by atoms with E-state index in [1.165, 1.54) is 47.3 Å². The van der Waals surface area contributed by atoms with Crippen molar-refractivity contribution in [3.63, 3.8) is 0 Å². The Hall–Kier alpha value is -7.41. The molecule has 5 nitrogen and oxygen atoms in total. The zero-order valence-corrected chi connectivity index (χ0v) is 31.0. The van der Waals surface area contributed by atoms with E-state index in [4.69, 9.17) is 23.8 Å². The fourth-order valence-corrected chi connectivity index (χ4v) is 10.1. The number of aromatic nitrogens is 3. The lowest BCUT2D eigenvalue weighted by Crippen LogP contribution is -2.00. The van der Waals surface area contributed by atoms with Gasteiger partial charge in [0.15, 0.2) is 17.5 Å². The monoisotopic (exact) mass is 745 g/mol. The maximum atomic E-state index is 6.55. The number of hydrogen-bond donors (Lipinski definition) is 0. The van der Waals surface area contributed by atoms with Gasteiger partial charge in [0, 0.05) is 58.4 Å². The molecule has 9 aromatic carbocycles. The molecule has 0 aliphatic heterocycles. The average Bonchev–Trinajstić information content (AvgIpc) is 3.97. The Labute approximate surface area is 328 Å². The van der Waals surface area contributed by atoms with Gasteiger partial charge in [-0.1, -0.05) is 103 Å². The molecule has 4 aromatic heterocycles. The molecule has 13 aromatic rings. The molecule has 0 atom stereocenters. The predicted octanol–water partition coefficient (Wildman–Crippen LogP) is 14.5. The number of rotatable bonds is 4. The summed E-state index contributed by atoms with van der Waals surface area (Å²) >= 11 is 1.87. The minimum atomic E-state index is 0.582. The number of furan rings is 2. The number of benzene rings is 9. The second kappa shape index (κ2) is 11.6. The first kappa shape index (κ1) is 30.9. The van der Waals surface area contributed by atoms with E-state index in [1.807, 2.05) is 84.1 Å². The van der Waals surface area contributed by atoms with E-state index in [0.717, 1.165) is 66.1 Å². The molecule has 264 valence electrons. The van der Waals surface area contributed by atoms with Gasteiger partial charge < -0.3 is 8.83 Å². The Kier molecular flexibility index (Phi) is 6.26. The summed E-state index contributed by atoms with van der Waals surface area (Å²) in [5.41, 5.74) is 8.26. The third-order valence-corrected chi connectivity index (χ3v) is 12.6. The molecule has 0 N–H and O–H groups in total. The topological polar surface area (TPSA) is 65.0 Å². The third-order valence-electron chi connectivity index (χ3n) is 11.5. The molecular weight excluding hydrogens is 719 g/mol. The van der Waals surface area contributed by atoms with Crippen molar-refractivity contribution in [3.8, 4) is 45.3 Å². The number of para-hydroxylation sites is 1. The molecule has 0 fully saturated rings. The summed E-state index contributed by atoms with van der Waals surface area (Å²) in [6.07, 6.45) is 0. The summed E-state index contributed by atoms with van der Waals surface area (Å²) in [4.78, 5) is 15.4. The number of fused-ring (bicyclic) bond motifs is 9. The van der Waals surface area contributed by atoms with Crippen LogP contribution in [0.5, 0.6) is 0 Å². The van der Waals surface area contributed by atoms with Gasteiger partial charge in [0.25, 0.3) is 0 Å². The molecule has 0 spiro atoms. The summed E-state index contributed by atoms with van der Waals surface area (Å²) in [5.74, 6) is 1.77. The van der Waals surface area contributed by atoms with E-state index < -0.39 is 0 Å². The molecule has 13 rings (SSSR count). The Morgan fingerprint density at radius 2 is 0.912 bits per heavy atom. The minimum absolute atomic E-state index is 0.582. The molecule has 0 aliphatic carbocycles. The Morgan fingerprint density at radius 1 is 0.316 bits per heavy atom. The first-order valence-corrected chi connectivity index (χ1v) is 19.8. The van der Waals surface area contributed by atoms with Crippen LogP contribution in [0.2, 0.25) is 0 Å². The Balaban J connectivity index is 1.03. The van der Waals surface area contributed by atoms with Gasteiger partial charge in [-0.05, 0) is 93.3 Å².